The van der Waals surface area contributed by atoms with Crippen LogP contribution >= 0.6 is 0 Å². The highest BCUT2D eigenvalue weighted by atomic mass is 19.4. The van der Waals surface area contributed by atoms with Crippen LogP contribution < -0.4 is 0 Å². The number of halogens is 8. The molecular formula is C34H49F8NO2. The fraction of sp³-hybridized carbons (Fsp3) is 0.824. The van der Waals surface area contributed by atoms with Crippen molar-refractivity contribution in [2.45, 2.75) is 133 Å². The second kappa shape index (κ2) is 13.5. The van der Waals surface area contributed by atoms with E-state index in [0.29, 0.717) is 31.2 Å². The molecule has 0 amide bonds. The summed E-state index contributed by atoms with van der Waals surface area (Å²) < 4.78 is 105. The van der Waals surface area contributed by atoms with E-state index >= 15 is 4.39 Å². The van der Waals surface area contributed by atoms with Crippen LogP contribution in [0.2, 0.25) is 0 Å². The summed E-state index contributed by atoms with van der Waals surface area (Å²) in [6.07, 6.45) is 1.06. The monoisotopic (exact) mass is 655 g/mol. The van der Waals surface area contributed by atoms with Crippen LogP contribution in [0.3, 0.4) is 0 Å². The first-order chi connectivity index (χ1) is 20.8. The summed E-state index contributed by atoms with van der Waals surface area (Å²) in [6.45, 7) is 5.65. The normalized spacial score (nSPS) is 30.3. The van der Waals surface area contributed by atoms with Crippen molar-refractivity contribution in [2.75, 3.05) is 20.1 Å². The van der Waals surface area contributed by atoms with Gasteiger partial charge in [0, 0.05) is 12.5 Å². The number of unbranched alkanes of at least 4 members (excludes halogenated alkanes) is 5. The van der Waals surface area contributed by atoms with Crippen LogP contribution in [0.5, 0.6) is 5.75 Å². The number of aromatic hydroxyl groups is 1. The maximum absolute atomic E-state index is 15.2. The van der Waals surface area contributed by atoms with E-state index in [1.165, 1.54) is 6.07 Å². The fourth-order valence-electron chi connectivity index (χ4n) is 8.91. The molecule has 2 fully saturated rings. The van der Waals surface area contributed by atoms with Crippen molar-refractivity contribution in [2.24, 2.45) is 23.2 Å². The number of alkyl halides is 7. The van der Waals surface area contributed by atoms with Gasteiger partial charge in [-0.2, -0.15) is 30.7 Å². The molecule has 0 aromatic heterocycles. The molecule has 3 aliphatic carbocycles. The van der Waals surface area contributed by atoms with Crippen molar-refractivity contribution in [3.63, 3.8) is 0 Å². The van der Waals surface area contributed by atoms with Crippen LogP contribution in [0.1, 0.15) is 114 Å². The van der Waals surface area contributed by atoms with Crippen molar-refractivity contribution in [1.29, 1.82) is 0 Å². The smallest absolute Gasteiger partial charge is 0.459 e. The number of benzene rings is 1. The number of fused-ring (bicyclic) bond motifs is 5. The molecule has 3 nitrogen and oxygen atoms in total. The highest BCUT2D eigenvalue weighted by molar-refractivity contribution is 5.42. The Kier molecular flexibility index (Phi) is 10.8. The lowest BCUT2D eigenvalue weighted by atomic mass is 9.50. The summed E-state index contributed by atoms with van der Waals surface area (Å²) in [5.74, 6) is -10.5. The molecule has 45 heavy (non-hydrogen) atoms. The highest BCUT2D eigenvalue weighted by Crippen LogP contribution is 2.66. The molecule has 0 radical (unpaired) electrons. The minimum absolute atomic E-state index is 0.0446. The molecule has 3 aliphatic rings. The lowest BCUT2D eigenvalue weighted by molar-refractivity contribution is -0.355. The third-order valence-electron chi connectivity index (χ3n) is 11.7. The second-order valence-electron chi connectivity index (χ2n) is 14.6. The van der Waals surface area contributed by atoms with Gasteiger partial charge in [-0.1, -0.05) is 32.6 Å². The predicted octanol–water partition coefficient (Wildman–Crippen LogP) is 9.64. The average molecular weight is 656 g/mol. The molecule has 6 atom stereocenters. The molecule has 0 unspecified atom stereocenters. The maximum atomic E-state index is 15.2. The maximum Gasteiger partial charge on any atom is 0.459 e. The van der Waals surface area contributed by atoms with Crippen LogP contribution in [0.4, 0.5) is 35.1 Å². The first-order valence-corrected chi connectivity index (χ1v) is 16.6. The first kappa shape index (κ1) is 36.2. The fourth-order valence-corrected chi connectivity index (χ4v) is 8.91. The van der Waals surface area contributed by atoms with Gasteiger partial charge in [0.15, 0.2) is 0 Å². The first-order valence-electron chi connectivity index (χ1n) is 16.6. The molecule has 1 aromatic rings. The molecule has 2 saturated carbocycles. The zero-order chi connectivity index (χ0) is 33.4. The van der Waals surface area contributed by atoms with Gasteiger partial charge in [-0.25, -0.2) is 4.39 Å². The van der Waals surface area contributed by atoms with Crippen molar-refractivity contribution in [3.8, 4) is 5.75 Å². The third-order valence-corrected chi connectivity index (χ3v) is 11.7. The largest absolute Gasteiger partial charge is 0.508 e. The Hall–Kier alpha value is -1.62. The summed E-state index contributed by atoms with van der Waals surface area (Å²) in [6, 6.07) is 2.95. The van der Waals surface area contributed by atoms with Gasteiger partial charge >= 0.3 is 18.0 Å². The number of nitrogens with zero attached hydrogens (tertiary/aromatic N) is 1. The standard InChI is InChI=1S/C34H49F8NO2/c1-30-15-12-25-28(26(30)13-16-31(30,2)45)22(19-23-20-24(44)21-27(35)29(23)25)11-7-6-10-18-43(3)17-9-5-4-8-14-32(36,37)33(38,39)34(40,41)42/h20-22,25-26,28,44-45H,4-19H2,1-3H3/t22-,25+,26+,28-,30+,31+/m1/s1. The minimum atomic E-state index is -6.28. The zero-order valence-electron chi connectivity index (χ0n) is 26.6. The van der Waals surface area contributed by atoms with E-state index in [9.17, 15) is 40.9 Å². The highest BCUT2D eigenvalue weighted by Gasteiger charge is 2.72. The summed E-state index contributed by atoms with van der Waals surface area (Å²) in [5, 5.41) is 21.4. The lowest BCUT2D eigenvalue weighted by Crippen LogP contribution is -2.51. The number of aliphatic hydroxyl groups is 1. The van der Waals surface area contributed by atoms with Gasteiger partial charge in [0.25, 0.3) is 0 Å². The number of phenols is 1. The molecule has 0 bridgehead atoms. The van der Waals surface area contributed by atoms with Crippen molar-refractivity contribution < 1.29 is 45.3 Å². The van der Waals surface area contributed by atoms with Crippen LogP contribution in [-0.2, 0) is 6.42 Å². The van der Waals surface area contributed by atoms with E-state index < -0.39 is 36.5 Å². The number of hydrogen-bond donors (Lipinski definition) is 2. The van der Waals surface area contributed by atoms with Crippen LogP contribution in [0.25, 0.3) is 0 Å². The van der Waals surface area contributed by atoms with E-state index in [0.717, 1.165) is 75.5 Å². The Morgan fingerprint density at radius 2 is 1.49 bits per heavy atom. The molecule has 0 aliphatic heterocycles. The Balaban J connectivity index is 1.21. The van der Waals surface area contributed by atoms with Crippen molar-refractivity contribution >= 4 is 0 Å². The van der Waals surface area contributed by atoms with Gasteiger partial charge < -0.3 is 15.1 Å². The Labute approximate surface area is 261 Å². The molecule has 11 heteroatoms. The summed E-state index contributed by atoms with van der Waals surface area (Å²) in [7, 11) is 1.94. The average Bonchev–Trinajstić information content (AvgIpc) is 3.17. The second-order valence-corrected chi connectivity index (χ2v) is 14.6. The number of hydrogen-bond acceptors (Lipinski definition) is 3. The lowest BCUT2D eigenvalue weighted by Gasteiger charge is -2.55. The van der Waals surface area contributed by atoms with E-state index in [-0.39, 0.29) is 35.2 Å². The number of phenolic OH excluding ortho intramolecular Hbond substituents is 1. The van der Waals surface area contributed by atoms with Crippen molar-refractivity contribution in [3.05, 3.63) is 29.1 Å². The van der Waals surface area contributed by atoms with Gasteiger partial charge in [-0.3, -0.25) is 0 Å². The van der Waals surface area contributed by atoms with Crippen LogP contribution in [-0.4, -0.2) is 58.9 Å². The molecule has 258 valence electrons. The molecule has 0 heterocycles. The Morgan fingerprint density at radius 3 is 2.13 bits per heavy atom. The van der Waals surface area contributed by atoms with E-state index in [2.05, 4.69) is 11.8 Å². The predicted molar refractivity (Wildman–Crippen MR) is 157 cm³/mol. The SMILES string of the molecule is CN(CCCCCCC(F)(F)C(F)(F)C(F)(F)F)CCCCC[C@@H]1Cc2cc(O)cc(F)c2[C@H]2CC[C@@]3(C)[C@@H](CC[C@]3(C)O)[C@H]12. The molecule has 0 spiro atoms. The van der Waals surface area contributed by atoms with Crippen LogP contribution in [0, 0.1) is 29.0 Å². The quantitative estimate of drug-likeness (QED) is 0.155. The summed E-state index contributed by atoms with van der Waals surface area (Å²) >= 11 is 0. The molecular weight excluding hydrogens is 606 g/mol. The van der Waals surface area contributed by atoms with E-state index in [4.69, 9.17) is 0 Å². The Bertz CT molecular complexity index is 1160. The number of rotatable bonds is 14. The van der Waals surface area contributed by atoms with Crippen LogP contribution in [0.15, 0.2) is 12.1 Å². The van der Waals surface area contributed by atoms with Gasteiger partial charge in [0.1, 0.15) is 11.6 Å². The Morgan fingerprint density at radius 1 is 0.867 bits per heavy atom. The van der Waals surface area contributed by atoms with E-state index in [1.54, 1.807) is 6.07 Å². The third kappa shape index (κ3) is 7.29. The molecule has 4 rings (SSSR count). The summed E-state index contributed by atoms with van der Waals surface area (Å²) in [4.78, 5) is 2.11. The van der Waals surface area contributed by atoms with Gasteiger partial charge in [0.2, 0.25) is 0 Å². The summed E-state index contributed by atoms with van der Waals surface area (Å²) in [5.41, 5.74) is 0.731. The van der Waals surface area contributed by atoms with Gasteiger partial charge in [0.05, 0.1) is 5.60 Å². The molecule has 0 saturated heterocycles. The van der Waals surface area contributed by atoms with Crippen molar-refractivity contribution in [1.82, 2.24) is 4.90 Å². The van der Waals surface area contributed by atoms with E-state index in [1.807, 2.05) is 14.0 Å². The zero-order valence-corrected chi connectivity index (χ0v) is 26.6. The minimum Gasteiger partial charge on any atom is -0.508 e. The van der Waals surface area contributed by atoms with Gasteiger partial charge in [-0.05, 0) is 131 Å². The topological polar surface area (TPSA) is 43.7 Å². The molecule has 1 aromatic carbocycles. The van der Waals surface area contributed by atoms with Gasteiger partial charge in [-0.15, -0.1) is 0 Å². The molecule has 2 N–H and O–H groups in total.